The highest BCUT2D eigenvalue weighted by molar-refractivity contribution is 9.15. The minimum Gasteiger partial charge on any atom is -0.497 e. The van der Waals surface area contributed by atoms with Gasteiger partial charge >= 0.3 is 0 Å². The molecule has 0 aromatic heterocycles. The average molecular weight is 423 g/mol. The highest BCUT2D eigenvalue weighted by Crippen LogP contribution is 2.33. The standard InChI is InChI=1S/C24H23BrO2/c1-17-4-6-20(7-5-17)24(25)16-23(18-8-12-21(26-2)13-9-18)19-10-14-22(27-3)15-11-19/h4-16,23H,1-3H3/b24-16-. The molecule has 0 heterocycles. The summed E-state index contributed by atoms with van der Waals surface area (Å²) in [7, 11) is 3.37. The molecule has 0 saturated carbocycles. The largest absolute Gasteiger partial charge is 0.497 e. The van der Waals surface area contributed by atoms with Gasteiger partial charge in [-0.15, -0.1) is 0 Å². The van der Waals surface area contributed by atoms with Crippen molar-refractivity contribution in [2.45, 2.75) is 12.8 Å². The van der Waals surface area contributed by atoms with Gasteiger partial charge in [0.05, 0.1) is 14.2 Å². The van der Waals surface area contributed by atoms with Gasteiger partial charge < -0.3 is 9.47 Å². The highest BCUT2D eigenvalue weighted by Gasteiger charge is 2.14. The maximum absolute atomic E-state index is 5.31. The number of methoxy groups -OCH3 is 2. The normalized spacial score (nSPS) is 11.5. The molecule has 27 heavy (non-hydrogen) atoms. The third-order valence-electron chi connectivity index (χ3n) is 4.59. The van der Waals surface area contributed by atoms with Gasteiger partial charge in [0, 0.05) is 10.4 Å². The average Bonchev–Trinajstić information content (AvgIpc) is 2.72. The fourth-order valence-corrected chi connectivity index (χ4v) is 3.49. The maximum Gasteiger partial charge on any atom is 0.118 e. The molecule has 3 aromatic carbocycles. The molecule has 0 saturated heterocycles. The predicted molar refractivity (Wildman–Crippen MR) is 116 cm³/mol. The van der Waals surface area contributed by atoms with Gasteiger partial charge in [-0.3, -0.25) is 0 Å². The van der Waals surface area contributed by atoms with Crippen LogP contribution in [0.2, 0.25) is 0 Å². The predicted octanol–water partition coefficient (Wildman–Crippen LogP) is 6.58. The lowest BCUT2D eigenvalue weighted by atomic mass is 9.90. The van der Waals surface area contributed by atoms with Crippen LogP contribution in [0.4, 0.5) is 0 Å². The van der Waals surface area contributed by atoms with Crippen LogP contribution >= 0.6 is 15.9 Å². The van der Waals surface area contributed by atoms with Crippen molar-refractivity contribution in [3.05, 3.63) is 101 Å². The quantitative estimate of drug-likeness (QED) is 0.446. The third kappa shape index (κ3) is 4.81. The summed E-state index contributed by atoms with van der Waals surface area (Å²) in [6, 6.07) is 25.0. The molecule has 3 rings (SSSR count). The fourth-order valence-electron chi connectivity index (χ4n) is 2.96. The smallest absolute Gasteiger partial charge is 0.118 e. The number of allylic oxidation sites excluding steroid dienone is 1. The molecule has 0 spiro atoms. The number of rotatable bonds is 6. The number of hydrogen-bond acceptors (Lipinski definition) is 2. The SMILES string of the molecule is COc1ccc(C(/C=C(\Br)c2ccc(C)cc2)c2ccc(OC)cc2)cc1. The Morgan fingerprint density at radius 1 is 0.741 bits per heavy atom. The summed E-state index contributed by atoms with van der Waals surface area (Å²) < 4.78 is 11.7. The molecule has 138 valence electrons. The van der Waals surface area contributed by atoms with Gasteiger partial charge in [0.1, 0.15) is 11.5 Å². The van der Waals surface area contributed by atoms with E-state index in [1.54, 1.807) is 14.2 Å². The molecule has 0 atom stereocenters. The molecule has 0 unspecified atom stereocenters. The van der Waals surface area contributed by atoms with Crippen LogP contribution in [0.3, 0.4) is 0 Å². The van der Waals surface area contributed by atoms with Crippen LogP contribution in [0.5, 0.6) is 11.5 Å². The lowest BCUT2D eigenvalue weighted by molar-refractivity contribution is 0.414. The molecule has 3 heteroatoms. The van der Waals surface area contributed by atoms with Gasteiger partial charge in [0.2, 0.25) is 0 Å². The zero-order valence-electron chi connectivity index (χ0n) is 15.8. The Labute approximate surface area is 169 Å². The second-order valence-corrected chi connectivity index (χ2v) is 7.26. The number of hydrogen-bond donors (Lipinski definition) is 0. The van der Waals surface area contributed by atoms with Crippen molar-refractivity contribution in [3.63, 3.8) is 0 Å². The van der Waals surface area contributed by atoms with Crippen molar-refractivity contribution < 1.29 is 9.47 Å². The summed E-state index contributed by atoms with van der Waals surface area (Å²) in [6.07, 6.45) is 2.24. The first kappa shape index (κ1) is 19.2. The van der Waals surface area contributed by atoms with Gasteiger partial charge in [-0.2, -0.15) is 0 Å². The van der Waals surface area contributed by atoms with E-state index >= 15 is 0 Å². The van der Waals surface area contributed by atoms with E-state index in [0.29, 0.717) is 0 Å². The molecular formula is C24H23BrO2. The van der Waals surface area contributed by atoms with Crippen molar-refractivity contribution in [1.29, 1.82) is 0 Å². The van der Waals surface area contributed by atoms with Gasteiger partial charge in [-0.25, -0.2) is 0 Å². The van der Waals surface area contributed by atoms with E-state index in [-0.39, 0.29) is 5.92 Å². The van der Waals surface area contributed by atoms with Crippen LogP contribution in [-0.2, 0) is 0 Å². The molecule has 0 N–H and O–H groups in total. The van der Waals surface area contributed by atoms with Crippen molar-refractivity contribution in [1.82, 2.24) is 0 Å². The molecule has 0 aliphatic rings. The Morgan fingerprint density at radius 3 is 1.59 bits per heavy atom. The monoisotopic (exact) mass is 422 g/mol. The van der Waals surface area contributed by atoms with E-state index in [2.05, 4.69) is 77.5 Å². The summed E-state index contributed by atoms with van der Waals surface area (Å²) in [5.74, 6) is 1.82. The van der Waals surface area contributed by atoms with Crippen LogP contribution in [0.1, 0.15) is 28.2 Å². The molecule has 0 bridgehead atoms. The first-order valence-electron chi connectivity index (χ1n) is 8.83. The zero-order valence-corrected chi connectivity index (χ0v) is 17.4. The third-order valence-corrected chi connectivity index (χ3v) is 5.31. The minimum absolute atomic E-state index is 0.109. The highest BCUT2D eigenvalue weighted by atomic mass is 79.9. The fraction of sp³-hybridized carbons (Fsp3) is 0.167. The van der Waals surface area contributed by atoms with Crippen molar-refractivity contribution in [3.8, 4) is 11.5 Å². The Hall–Kier alpha value is -2.52. The maximum atomic E-state index is 5.31. The number of benzene rings is 3. The molecule has 0 amide bonds. The van der Waals surface area contributed by atoms with E-state index in [9.17, 15) is 0 Å². The first-order valence-corrected chi connectivity index (χ1v) is 9.62. The number of ether oxygens (including phenoxy) is 2. The Morgan fingerprint density at radius 2 is 1.19 bits per heavy atom. The lowest BCUT2D eigenvalue weighted by Crippen LogP contribution is -1.99. The summed E-state index contributed by atoms with van der Waals surface area (Å²) in [5.41, 5.74) is 4.81. The van der Waals surface area contributed by atoms with Crippen LogP contribution < -0.4 is 9.47 Å². The van der Waals surface area contributed by atoms with Gasteiger partial charge in [-0.05, 0) is 47.9 Å². The zero-order chi connectivity index (χ0) is 19.2. The van der Waals surface area contributed by atoms with E-state index < -0.39 is 0 Å². The Kier molecular flexibility index (Phi) is 6.36. The molecule has 0 aliphatic carbocycles. The second kappa shape index (κ2) is 8.92. The summed E-state index contributed by atoms with van der Waals surface area (Å²) >= 11 is 3.77. The first-order chi connectivity index (χ1) is 13.1. The Bertz CT molecular complexity index is 847. The summed E-state index contributed by atoms with van der Waals surface area (Å²) in [5, 5.41) is 0. The van der Waals surface area contributed by atoms with E-state index in [1.165, 1.54) is 16.7 Å². The molecule has 2 nitrogen and oxygen atoms in total. The van der Waals surface area contributed by atoms with Crippen molar-refractivity contribution in [2.75, 3.05) is 14.2 Å². The van der Waals surface area contributed by atoms with Gasteiger partial charge in [-0.1, -0.05) is 76.1 Å². The van der Waals surface area contributed by atoms with E-state index in [1.807, 2.05) is 24.3 Å². The molecule has 0 radical (unpaired) electrons. The van der Waals surface area contributed by atoms with Crippen molar-refractivity contribution in [2.24, 2.45) is 0 Å². The van der Waals surface area contributed by atoms with E-state index in [0.717, 1.165) is 21.5 Å². The van der Waals surface area contributed by atoms with Crippen LogP contribution in [0, 0.1) is 6.92 Å². The molecule has 0 fully saturated rings. The van der Waals surface area contributed by atoms with Crippen LogP contribution in [0.15, 0.2) is 78.9 Å². The summed E-state index contributed by atoms with van der Waals surface area (Å²) in [4.78, 5) is 0. The molecular weight excluding hydrogens is 400 g/mol. The van der Waals surface area contributed by atoms with Gasteiger partial charge in [0.15, 0.2) is 0 Å². The second-order valence-electron chi connectivity index (χ2n) is 6.40. The van der Waals surface area contributed by atoms with E-state index in [4.69, 9.17) is 9.47 Å². The molecule has 3 aromatic rings. The van der Waals surface area contributed by atoms with Crippen molar-refractivity contribution >= 4 is 20.4 Å². The number of halogens is 1. The molecule has 0 aliphatic heterocycles. The summed E-state index contributed by atoms with van der Waals surface area (Å²) in [6.45, 7) is 2.10. The van der Waals surface area contributed by atoms with Crippen LogP contribution in [-0.4, -0.2) is 14.2 Å². The topological polar surface area (TPSA) is 18.5 Å². The minimum atomic E-state index is 0.109. The number of aryl methyl sites for hydroxylation is 1. The Balaban J connectivity index is 2.02. The van der Waals surface area contributed by atoms with Crippen LogP contribution in [0.25, 0.3) is 4.48 Å². The lowest BCUT2D eigenvalue weighted by Gasteiger charge is -2.16. The van der Waals surface area contributed by atoms with Gasteiger partial charge in [0.25, 0.3) is 0 Å².